The van der Waals surface area contributed by atoms with Crippen molar-refractivity contribution in [1.29, 1.82) is 0 Å². The minimum Gasteiger partial charge on any atom is -0.489 e. The highest BCUT2D eigenvalue weighted by Gasteiger charge is 2.17. The summed E-state index contributed by atoms with van der Waals surface area (Å²) in [6, 6.07) is 19.3. The van der Waals surface area contributed by atoms with Gasteiger partial charge < -0.3 is 19.6 Å². The van der Waals surface area contributed by atoms with Crippen LogP contribution < -0.4 is 4.74 Å². The molecule has 5 aromatic rings. The van der Waals surface area contributed by atoms with Gasteiger partial charge in [-0.1, -0.05) is 36.4 Å². The molecule has 146 valence electrons. The molecule has 0 bridgehead atoms. The normalized spacial score (nSPS) is 15.3. The first kappa shape index (κ1) is 16.9. The topological polar surface area (TPSA) is 44.0 Å². The van der Waals surface area contributed by atoms with Crippen LogP contribution in [-0.2, 0) is 0 Å². The molecule has 4 heteroatoms. The first-order valence-corrected chi connectivity index (χ1v) is 10.7. The number of likely N-dealkylation sites (tertiary alicyclic amines) is 1. The molecule has 2 N–H and O–H groups in total. The van der Waals surface area contributed by atoms with Crippen LogP contribution in [0, 0.1) is 0 Å². The predicted octanol–water partition coefficient (Wildman–Crippen LogP) is 5.82. The molecule has 3 heterocycles. The van der Waals surface area contributed by atoms with Gasteiger partial charge in [-0.05, 0) is 50.6 Å². The van der Waals surface area contributed by atoms with Crippen molar-refractivity contribution in [2.24, 2.45) is 0 Å². The first-order chi connectivity index (χ1) is 14.4. The van der Waals surface area contributed by atoms with Crippen molar-refractivity contribution >= 4 is 43.6 Å². The Kier molecular flexibility index (Phi) is 3.98. The van der Waals surface area contributed by atoms with E-state index in [0.717, 1.165) is 47.4 Å². The number of hydrogen-bond donors (Lipinski definition) is 2. The van der Waals surface area contributed by atoms with Crippen molar-refractivity contribution in [3.8, 4) is 5.75 Å². The summed E-state index contributed by atoms with van der Waals surface area (Å²) >= 11 is 0. The van der Waals surface area contributed by atoms with Gasteiger partial charge >= 0.3 is 0 Å². The molecule has 0 aliphatic carbocycles. The van der Waals surface area contributed by atoms with E-state index < -0.39 is 0 Å². The van der Waals surface area contributed by atoms with Gasteiger partial charge in [0, 0.05) is 39.1 Å². The van der Waals surface area contributed by atoms with Gasteiger partial charge in [-0.2, -0.15) is 0 Å². The van der Waals surface area contributed by atoms with Gasteiger partial charge in [0.1, 0.15) is 0 Å². The maximum atomic E-state index is 6.46. The molecule has 6 rings (SSSR count). The van der Waals surface area contributed by atoms with Gasteiger partial charge in [0.15, 0.2) is 5.75 Å². The van der Waals surface area contributed by atoms with Crippen LogP contribution in [0.3, 0.4) is 0 Å². The van der Waals surface area contributed by atoms with E-state index in [1.54, 1.807) is 0 Å². The number of H-pyrrole nitrogens is 2. The fourth-order valence-corrected chi connectivity index (χ4v) is 4.87. The number of para-hydroxylation sites is 2. The monoisotopic (exact) mass is 383 g/mol. The number of fused-ring (bicyclic) bond motifs is 6. The SMILES string of the molecule is c1ccc2c(c1)[nH]c1c(OCCCN3CCCC3)c3[nH]c4ccccc4c3cc12. The zero-order valence-electron chi connectivity index (χ0n) is 16.5. The predicted molar refractivity (Wildman–Crippen MR) is 121 cm³/mol. The molecule has 29 heavy (non-hydrogen) atoms. The van der Waals surface area contributed by atoms with Gasteiger partial charge in [0.05, 0.1) is 17.6 Å². The molecule has 0 radical (unpaired) electrons. The van der Waals surface area contributed by atoms with Crippen LogP contribution in [0.2, 0.25) is 0 Å². The van der Waals surface area contributed by atoms with E-state index in [-0.39, 0.29) is 0 Å². The van der Waals surface area contributed by atoms with Gasteiger partial charge in [-0.15, -0.1) is 0 Å². The molecule has 2 aromatic heterocycles. The molecule has 1 aliphatic heterocycles. The van der Waals surface area contributed by atoms with Crippen molar-refractivity contribution in [2.75, 3.05) is 26.2 Å². The Balaban J connectivity index is 1.47. The van der Waals surface area contributed by atoms with Gasteiger partial charge in [-0.25, -0.2) is 0 Å². The summed E-state index contributed by atoms with van der Waals surface area (Å²) < 4.78 is 6.46. The van der Waals surface area contributed by atoms with E-state index >= 15 is 0 Å². The second kappa shape index (κ2) is 6.82. The number of hydrogen-bond acceptors (Lipinski definition) is 2. The highest BCUT2D eigenvalue weighted by Crippen LogP contribution is 2.40. The zero-order valence-corrected chi connectivity index (χ0v) is 16.5. The largest absolute Gasteiger partial charge is 0.489 e. The molecule has 0 atom stereocenters. The van der Waals surface area contributed by atoms with Crippen molar-refractivity contribution < 1.29 is 4.74 Å². The third kappa shape index (κ3) is 2.78. The molecule has 1 aliphatic rings. The molecule has 1 saturated heterocycles. The molecule has 0 amide bonds. The van der Waals surface area contributed by atoms with Crippen LogP contribution in [0.15, 0.2) is 54.6 Å². The second-order valence-corrected chi connectivity index (χ2v) is 8.14. The summed E-state index contributed by atoms with van der Waals surface area (Å²) in [6.45, 7) is 4.34. The average molecular weight is 383 g/mol. The van der Waals surface area contributed by atoms with Crippen LogP contribution in [-0.4, -0.2) is 41.1 Å². The number of nitrogens with zero attached hydrogens (tertiary/aromatic N) is 1. The van der Waals surface area contributed by atoms with Gasteiger partial charge in [0.25, 0.3) is 0 Å². The maximum absolute atomic E-state index is 6.46. The van der Waals surface area contributed by atoms with Crippen LogP contribution in [0.25, 0.3) is 43.6 Å². The Labute approximate surface area is 169 Å². The minimum absolute atomic E-state index is 0.732. The van der Waals surface area contributed by atoms with Crippen LogP contribution in [0.1, 0.15) is 19.3 Å². The summed E-state index contributed by atoms with van der Waals surface area (Å²) in [5.41, 5.74) is 4.49. The van der Waals surface area contributed by atoms with E-state index in [1.165, 1.54) is 47.5 Å². The third-order valence-electron chi connectivity index (χ3n) is 6.30. The average Bonchev–Trinajstić information content (AvgIpc) is 3.48. The Morgan fingerprint density at radius 3 is 1.97 bits per heavy atom. The van der Waals surface area contributed by atoms with Crippen LogP contribution in [0.4, 0.5) is 0 Å². The highest BCUT2D eigenvalue weighted by atomic mass is 16.5. The Hall–Kier alpha value is -2.98. The molecule has 1 fully saturated rings. The third-order valence-corrected chi connectivity index (χ3v) is 6.30. The molecule has 0 spiro atoms. The number of benzene rings is 3. The second-order valence-electron chi connectivity index (χ2n) is 8.14. The number of rotatable bonds is 5. The summed E-state index contributed by atoms with van der Waals surface area (Å²) in [7, 11) is 0. The molecule has 3 aromatic carbocycles. The molecular formula is C25H25N3O. The lowest BCUT2D eigenvalue weighted by Crippen LogP contribution is -2.21. The van der Waals surface area contributed by atoms with Crippen molar-refractivity contribution in [3.05, 3.63) is 54.6 Å². The Bertz CT molecular complexity index is 1240. The number of aromatic amines is 2. The molecule has 4 nitrogen and oxygen atoms in total. The zero-order chi connectivity index (χ0) is 19.2. The molecular weight excluding hydrogens is 358 g/mol. The van der Waals surface area contributed by atoms with Crippen molar-refractivity contribution in [1.82, 2.24) is 14.9 Å². The van der Waals surface area contributed by atoms with E-state index in [4.69, 9.17) is 4.74 Å². The van der Waals surface area contributed by atoms with E-state index in [0.29, 0.717) is 0 Å². The van der Waals surface area contributed by atoms with Crippen molar-refractivity contribution in [2.45, 2.75) is 19.3 Å². The Morgan fingerprint density at radius 1 is 0.759 bits per heavy atom. The van der Waals surface area contributed by atoms with Gasteiger partial charge in [0.2, 0.25) is 0 Å². The van der Waals surface area contributed by atoms with Gasteiger partial charge in [-0.3, -0.25) is 0 Å². The van der Waals surface area contributed by atoms with E-state index in [9.17, 15) is 0 Å². The van der Waals surface area contributed by atoms with Crippen LogP contribution in [0.5, 0.6) is 5.75 Å². The van der Waals surface area contributed by atoms with Crippen LogP contribution >= 0.6 is 0 Å². The smallest absolute Gasteiger partial charge is 0.167 e. The number of ether oxygens (including phenoxy) is 1. The van der Waals surface area contributed by atoms with E-state index in [2.05, 4.69) is 69.5 Å². The highest BCUT2D eigenvalue weighted by molar-refractivity contribution is 6.20. The summed E-state index contributed by atoms with van der Waals surface area (Å²) in [4.78, 5) is 9.77. The summed E-state index contributed by atoms with van der Waals surface area (Å²) in [5, 5.41) is 4.95. The number of aromatic nitrogens is 2. The standard InChI is InChI=1S/C25H25N3O/c1-3-10-21-17(8-1)19-16-20-18-9-2-4-11-22(18)27-24(20)25(23(19)26-21)29-15-7-14-28-12-5-6-13-28/h1-4,8-11,16,26-27H,5-7,12-15H2. The molecule has 0 unspecified atom stereocenters. The lowest BCUT2D eigenvalue weighted by atomic mass is 10.1. The molecule has 0 saturated carbocycles. The van der Waals surface area contributed by atoms with E-state index in [1.807, 2.05) is 0 Å². The maximum Gasteiger partial charge on any atom is 0.167 e. The summed E-state index contributed by atoms with van der Waals surface area (Å²) in [6.07, 6.45) is 3.73. The fraction of sp³-hybridized carbons (Fsp3) is 0.280. The number of nitrogens with one attached hydrogen (secondary N) is 2. The quantitative estimate of drug-likeness (QED) is 0.376. The minimum atomic E-state index is 0.732. The van der Waals surface area contributed by atoms with Crippen molar-refractivity contribution in [3.63, 3.8) is 0 Å². The lowest BCUT2D eigenvalue weighted by molar-refractivity contribution is 0.266. The first-order valence-electron chi connectivity index (χ1n) is 10.7. The fourth-order valence-electron chi connectivity index (χ4n) is 4.87. The Morgan fingerprint density at radius 2 is 1.34 bits per heavy atom. The summed E-state index contributed by atoms with van der Waals surface area (Å²) in [5.74, 6) is 0.950. The lowest BCUT2D eigenvalue weighted by Gasteiger charge is -2.15.